The number of Topliss-reactive ketones (excluding diaryl/α,β-unsaturated/α-hetero) is 1. The Balaban J connectivity index is 1.11. The second kappa shape index (κ2) is 12.5. The highest BCUT2D eigenvalue weighted by molar-refractivity contribution is 6.02. The van der Waals surface area contributed by atoms with Gasteiger partial charge in [-0.1, -0.05) is 92.6 Å². The zero-order chi connectivity index (χ0) is 38.7. The third kappa shape index (κ3) is 5.67. The first kappa shape index (κ1) is 38.8. The van der Waals surface area contributed by atoms with E-state index in [0.29, 0.717) is 24.2 Å². The SMILES string of the molecule is CC(C)C1=C2[C@H]3CC[C@@H]4[C@@]5(C)CC[C@H](OC(=O)[C@H]6C[C@@H](Cc7ccccc7)C6(C)C)C(C)(C)[C@@H]5CC[C@@]4(C)[C@]3(C)CC[C@@]2(NC(=O)C(C)(C)N)CC1=O. The minimum absolute atomic E-state index is 0.00992. The molecule has 0 unspecified atom stereocenters. The fourth-order valence-electron chi connectivity index (χ4n) is 14.2. The molecule has 0 bridgehead atoms. The zero-order valence-corrected chi connectivity index (χ0v) is 34.9. The average molecular weight is 727 g/mol. The average Bonchev–Trinajstić information content (AvgIpc) is 3.36. The summed E-state index contributed by atoms with van der Waals surface area (Å²) >= 11 is 0. The van der Waals surface area contributed by atoms with Gasteiger partial charge in [0.25, 0.3) is 0 Å². The van der Waals surface area contributed by atoms with Gasteiger partial charge in [0.15, 0.2) is 5.78 Å². The van der Waals surface area contributed by atoms with E-state index in [0.717, 1.165) is 69.8 Å². The van der Waals surface area contributed by atoms with Gasteiger partial charge in [0.1, 0.15) is 6.10 Å². The molecule has 0 radical (unpaired) electrons. The van der Waals surface area contributed by atoms with Gasteiger partial charge in [0, 0.05) is 11.8 Å². The monoisotopic (exact) mass is 727 g/mol. The van der Waals surface area contributed by atoms with Crippen molar-refractivity contribution >= 4 is 17.7 Å². The lowest BCUT2D eigenvalue weighted by Gasteiger charge is -2.72. The van der Waals surface area contributed by atoms with Crippen LogP contribution in [0.5, 0.6) is 0 Å². The Morgan fingerprint density at radius 3 is 2.17 bits per heavy atom. The number of carbonyl (C=O) groups excluding carboxylic acids is 3. The number of fused-ring (bicyclic) bond motifs is 7. The lowest BCUT2D eigenvalue weighted by molar-refractivity contribution is -0.235. The van der Waals surface area contributed by atoms with E-state index >= 15 is 0 Å². The van der Waals surface area contributed by atoms with Gasteiger partial charge < -0.3 is 15.8 Å². The quantitative estimate of drug-likeness (QED) is 0.273. The largest absolute Gasteiger partial charge is 0.462 e. The Labute approximate surface area is 320 Å². The number of hydrogen-bond acceptors (Lipinski definition) is 5. The summed E-state index contributed by atoms with van der Waals surface area (Å²) in [5, 5.41) is 3.42. The van der Waals surface area contributed by atoms with Gasteiger partial charge in [0.2, 0.25) is 5.91 Å². The molecule has 0 aromatic heterocycles. The molecule has 10 atom stereocenters. The fourth-order valence-corrected chi connectivity index (χ4v) is 14.2. The first-order valence-corrected chi connectivity index (χ1v) is 21.2. The zero-order valence-electron chi connectivity index (χ0n) is 34.9. The lowest BCUT2D eigenvalue weighted by Crippen LogP contribution is -2.68. The number of amides is 1. The van der Waals surface area contributed by atoms with Gasteiger partial charge in [-0.3, -0.25) is 14.4 Å². The molecule has 53 heavy (non-hydrogen) atoms. The van der Waals surface area contributed by atoms with Gasteiger partial charge in [-0.15, -0.1) is 0 Å². The Morgan fingerprint density at radius 1 is 0.868 bits per heavy atom. The first-order valence-electron chi connectivity index (χ1n) is 21.2. The third-order valence-electron chi connectivity index (χ3n) is 17.6. The van der Waals surface area contributed by atoms with Crippen molar-refractivity contribution < 1.29 is 19.1 Å². The van der Waals surface area contributed by atoms with Crippen LogP contribution in [0, 0.1) is 62.6 Å². The molecule has 5 saturated carbocycles. The molecule has 5 fully saturated rings. The molecule has 0 saturated heterocycles. The van der Waals surface area contributed by atoms with Gasteiger partial charge in [-0.05, 0) is 146 Å². The lowest BCUT2D eigenvalue weighted by atomic mass is 9.33. The number of rotatable bonds is 7. The third-order valence-corrected chi connectivity index (χ3v) is 17.6. The minimum atomic E-state index is -1.01. The number of ether oxygens (including phenoxy) is 1. The van der Waals surface area contributed by atoms with E-state index in [1.165, 1.54) is 11.1 Å². The van der Waals surface area contributed by atoms with Crippen molar-refractivity contribution in [3.8, 4) is 0 Å². The fraction of sp³-hybridized carbons (Fsp3) is 0.766. The molecule has 0 heterocycles. The van der Waals surface area contributed by atoms with Crippen molar-refractivity contribution in [1.82, 2.24) is 5.32 Å². The van der Waals surface area contributed by atoms with Crippen LogP contribution in [0.1, 0.15) is 146 Å². The van der Waals surface area contributed by atoms with Crippen LogP contribution in [0.4, 0.5) is 0 Å². The minimum Gasteiger partial charge on any atom is -0.462 e. The van der Waals surface area contributed by atoms with Crippen LogP contribution in [0.15, 0.2) is 41.5 Å². The van der Waals surface area contributed by atoms with Crippen molar-refractivity contribution in [3.63, 3.8) is 0 Å². The highest BCUT2D eigenvalue weighted by Gasteiger charge is 2.70. The molecule has 0 aliphatic heterocycles. The summed E-state index contributed by atoms with van der Waals surface area (Å²) in [5.74, 6) is 1.88. The summed E-state index contributed by atoms with van der Waals surface area (Å²) in [5.41, 5.74) is 8.31. The van der Waals surface area contributed by atoms with Crippen molar-refractivity contribution in [2.24, 2.45) is 68.3 Å². The molecule has 7 rings (SSSR count). The Hall–Kier alpha value is -2.47. The van der Waals surface area contributed by atoms with Gasteiger partial charge in [-0.25, -0.2) is 0 Å². The Kier molecular flexibility index (Phi) is 9.16. The van der Waals surface area contributed by atoms with E-state index in [2.05, 4.69) is 98.0 Å². The van der Waals surface area contributed by atoms with Crippen molar-refractivity contribution in [3.05, 3.63) is 47.0 Å². The number of allylic oxidation sites excluding steroid dienone is 1. The predicted molar refractivity (Wildman–Crippen MR) is 212 cm³/mol. The first-order chi connectivity index (χ1) is 24.5. The number of ketones is 1. The number of hydrogen-bond donors (Lipinski definition) is 2. The van der Waals surface area contributed by atoms with Crippen LogP contribution in [-0.2, 0) is 25.5 Å². The number of esters is 1. The Morgan fingerprint density at radius 2 is 1.55 bits per heavy atom. The maximum Gasteiger partial charge on any atom is 0.309 e. The molecule has 3 N–H and O–H groups in total. The van der Waals surface area contributed by atoms with Crippen LogP contribution in [0.2, 0.25) is 0 Å². The number of nitrogens with two attached hydrogens (primary N) is 1. The van der Waals surface area contributed by atoms with Crippen LogP contribution in [-0.4, -0.2) is 34.8 Å². The number of benzene rings is 1. The molecule has 292 valence electrons. The maximum atomic E-state index is 14.0. The second-order valence-corrected chi connectivity index (χ2v) is 21.7. The highest BCUT2D eigenvalue weighted by atomic mass is 16.5. The van der Waals surface area contributed by atoms with Gasteiger partial charge in [0.05, 0.1) is 17.0 Å². The molecule has 6 heteroatoms. The maximum absolute atomic E-state index is 14.0. The van der Waals surface area contributed by atoms with E-state index < -0.39 is 11.1 Å². The van der Waals surface area contributed by atoms with Crippen LogP contribution < -0.4 is 11.1 Å². The summed E-state index contributed by atoms with van der Waals surface area (Å²) in [4.78, 5) is 41.4. The summed E-state index contributed by atoms with van der Waals surface area (Å²) in [6.45, 7) is 24.9. The van der Waals surface area contributed by atoms with Crippen molar-refractivity contribution in [2.45, 2.75) is 164 Å². The molecule has 6 aliphatic carbocycles. The smallest absolute Gasteiger partial charge is 0.309 e. The van der Waals surface area contributed by atoms with Crippen molar-refractivity contribution in [1.29, 1.82) is 0 Å². The molecule has 6 aliphatic rings. The van der Waals surface area contributed by atoms with Crippen LogP contribution in [0.25, 0.3) is 0 Å². The summed E-state index contributed by atoms with van der Waals surface area (Å²) in [6, 6.07) is 10.7. The molecule has 1 aromatic carbocycles. The van der Waals surface area contributed by atoms with E-state index in [1.54, 1.807) is 13.8 Å². The normalized spacial score (nSPS) is 41.4. The van der Waals surface area contributed by atoms with E-state index in [4.69, 9.17) is 10.5 Å². The standard InChI is InChI=1S/C47H70N2O4/c1-28(2)37-33(50)27-47(49-40(52)43(7,8)48)24-23-45(10)31(38(37)47)17-18-35-44(9)21-20-36(42(5,6)34(44)19-22-46(35,45)11)53-39(51)32-26-30(41(32,3)4)25-29-15-13-12-14-16-29/h12-16,28,30-32,34-36H,17-27,48H2,1-11H3,(H,49,52)/t30-,31-,32-,34+,35-,36+,44+,45-,46-,47-/m1/s1. The molecule has 6 nitrogen and oxygen atoms in total. The summed E-state index contributed by atoms with van der Waals surface area (Å²) in [6.07, 6.45) is 10.4. The molecule has 1 amide bonds. The molecule has 0 spiro atoms. The van der Waals surface area contributed by atoms with Crippen LogP contribution in [0.3, 0.4) is 0 Å². The molecular formula is C47H70N2O4. The summed E-state index contributed by atoms with van der Waals surface area (Å²) in [7, 11) is 0. The van der Waals surface area contributed by atoms with Gasteiger partial charge in [-0.2, -0.15) is 0 Å². The molecular weight excluding hydrogens is 657 g/mol. The van der Waals surface area contributed by atoms with Crippen molar-refractivity contribution in [2.75, 3.05) is 0 Å². The highest BCUT2D eigenvalue weighted by Crippen LogP contribution is 2.76. The van der Waals surface area contributed by atoms with E-state index in [9.17, 15) is 14.4 Å². The topological polar surface area (TPSA) is 98.5 Å². The van der Waals surface area contributed by atoms with Gasteiger partial charge >= 0.3 is 5.97 Å². The van der Waals surface area contributed by atoms with E-state index in [-0.39, 0.29) is 68.6 Å². The van der Waals surface area contributed by atoms with E-state index in [1.807, 2.05) is 0 Å². The summed E-state index contributed by atoms with van der Waals surface area (Å²) < 4.78 is 6.64. The Bertz CT molecular complexity index is 1680. The number of carbonyl (C=O) groups is 3. The van der Waals surface area contributed by atoms with Crippen LogP contribution >= 0.6 is 0 Å². The second-order valence-electron chi connectivity index (χ2n) is 21.7. The number of nitrogens with one attached hydrogen (secondary N) is 1. The molecule has 1 aromatic rings. The predicted octanol–water partition coefficient (Wildman–Crippen LogP) is 9.39.